The van der Waals surface area contributed by atoms with E-state index >= 15 is 0 Å². The molecule has 0 aromatic heterocycles. The van der Waals surface area contributed by atoms with Gasteiger partial charge in [0, 0.05) is 6.42 Å². The molecule has 0 bridgehead atoms. The maximum atomic E-state index is 12.1. The summed E-state index contributed by atoms with van der Waals surface area (Å²) in [6.07, 6.45) is 11.7. The highest BCUT2D eigenvalue weighted by Crippen LogP contribution is 2.66. The van der Waals surface area contributed by atoms with Gasteiger partial charge in [0.25, 0.3) is 0 Å². The van der Waals surface area contributed by atoms with Crippen molar-refractivity contribution in [1.82, 2.24) is 0 Å². The summed E-state index contributed by atoms with van der Waals surface area (Å²) in [5, 5.41) is 0. The fourth-order valence-corrected chi connectivity index (χ4v) is 7.07. The number of carbonyl (C=O) groups is 1. The summed E-state index contributed by atoms with van der Waals surface area (Å²) in [4.78, 5) is 12.1. The van der Waals surface area contributed by atoms with Crippen molar-refractivity contribution in [3.05, 3.63) is 12.2 Å². The third kappa shape index (κ3) is 1.85. The molecule has 4 rings (SSSR count). The summed E-state index contributed by atoms with van der Waals surface area (Å²) in [5.74, 6) is 3.77. The second kappa shape index (κ2) is 4.46. The van der Waals surface area contributed by atoms with Crippen molar-refractivity contribution < 1.29 is 4.79 Å². The van der Waals surface area contributed by atoms with Crippen LogP contribution in [-0.4, -0.2) is 5.78 Å². The van der Waals surface area contributed by atoms with E-state index in [1.807, 2.05) is 0 Å². The van der Waals surface area contributed by atoms with E-state index in [0.717, 1.165) is 36.2 Å². The highest BCUT2D eigenvalue weighted by Gasteiger charge is 2.58. The Morgan fingerprint density at radius 3 is 2.67 bits per heavy atom. The molecule has 0 radical (unpaired) electrons. The first-order chi connectivity index (χ1) is 9.94. The number of allylic oxidation sites excluding steroid dienone is 1. The Hall–Kier alpha value is -0.590. The van der Waals surface area contributed by atoms with Gasteiger partial charge in [-0.15, -0.1) is 0 Å². The maximum Gasteiger partial charge on any atom is 0.158 e. The van der Waals surface area contributed by atoms with Gasteiger partial charge in [-0.05, 0) is 85.0 Å². The van der Waals surface area contributed by atoms with E-state index in [9.17, 15) is 4.79 Å². The van der Waals surface area contributed by atoms with Crippen LogP contribution >= 0.6 is 0 Å². The van der Waals surface area contributed by atoms with E-state index in [4.69, 9.17) is 0 Å². The summed E-state index contributed by atoms with van der Waals surface area (Å²) < 4.78 is 0. The van der Waals surface area contributed by atoms with E-state index in [1.165, 1.54) is 44.9 Å². The molecule has 0 N–H and O–H groups in total. The standard InChI is InChI=1S/C20H30O/c1-13-12-20(3)14(11-18(13)21)6-7-15-16-5-4-9-19(16,2)10-8-17(15)20/h14-17H,1,4-12H2,2-3H3/t14?,15?,16?,17?,19-,20-/m0/s1. The average molecular weight is 286 g/mol. The fraction of sp³-hybridized carbons (Fsp3) is 0.850. The van der Waals surface area contributed by atoms with E-state index < -0.39 is 0 Å². The van der Waals surface area contributed by atoms with E-state index in [1.54, 1.807) is 0 Å². The number of carbonyl (C=O) groups excluding carboxylic acids is 1. The minimum absolute atomic E-state index is 0.359. The molecule has 4 saturated carbocycles. The van der Waals surface area contributed by atoms with Crippen molar-refractivity contribution in [3.63, 3.8) is 0 Å². The quantitative estimate of drug-likeness (QED) is 0.562. The normalized spacial score (nSPS) is 53.0. The van der Waals surface area contributed by atoms with Gasteiger partial charge in [-0.25, -0.2) is 0 Å². The zero-order chi connectivity index (χ0) is 14.8. The van der Waals surface area contributed by atoms with Crippen molar-refractivity contribution in [2.75, 3.05) is 0 Å². The minimum Gasteiger partial charge on any atom is -0.295 e. The van der Waals surface area contributed by atoms with Crippen molar-refractivity contribution in [1.29, 1.82) is 0 Å². The molecule has 4 aliphatic carbocycles. The summed E-state index contributed by atoms with van der Waals surface area (Å²) in [7, 11) is 0. The van der Waals surface area contributed by atoms with Crippen molar-refractivity contribution in [2.45, 2.75) is 71.6 Å². The van der Waals surface area contributed by atoms with Crippen LogP contribution in [0.1, 0.15) is 71.6 Å². The largest absolute Gasteiger partial charge is 0.295 e. The summed E-state index contributed by atoms with van der Waals surface area (Å²) in [6, 6.07) is 0. The van der Waals surface area contributed by atoms with Gasteiger partial charge in [0.2, 0.25) is 0 Å². The predicted molar refractivity (Wildman–Crippen MR) is 85.9 cm³/mol. The van der Waals surface area contributed by atoms with Gasteiger partial charge in [0.1, 0.15) is 0 Å². The molecule has 6 atom stereocenters. The monoisotopic (exact) mass is 286 g/mol. The Labute approximate surface area is 129 Å². The lowest BCUT2D eigenvalue weighted by Gasteiger charge is -2.59. The van der Waals surface area contributed by atoms with E-state index in [2.05, 4.69) is 20.4 Å². The Morgan fingerprint density at radius 1 is 1.05 bits per heavy atom. The predicted octanol–water partition coefficient (Wildman–Crippen LogP) is 5.15. The number of hydrogen-bond acceptors (Lipinski definition) is 1. The van der Waals surface area contributed by atoms with E-state index in [0.29, 0.717) is 22.5 Å². The molecule has 0 aliphatic heterocycles. The molecular formula is C20H30O. The van der Waals surface area contributed by atoms with Gasteiger partial charge in [0.15, 0.2) is 5.78 Å². The molecule has 1 nitrogen and oxygen atoms in total. The molecule has 0 aromatic rings. The Kier molecular flexibility index (Phi) is 2.98. The molecule has 116 valence electrons. The lowest BCUT2D eigenvalue weighted by molar-refractivity contribution is -0.130. The van der Waals surface area contributed by atoms with Crippen LogP contribution in [0.3, 0.4) is 0 Å². The average Bonchev–Trinajstić information content (AvgIpc) is 2.82. The first-order valence-corrected chi connectivity index (χ1v) is 9.15. The van der Waals surface area contributed by atoms with Gasteiger partial charge in [-0.3, -0.25) is 4.79 Å². The summed E-state index contributed by atoms with van der Waals surface area (Å²) in [5.41, 5.74) is 1.94. The van der Waals surface area contributed by atoms with Crippen LogP contribution in [0.25, 0.3) is 0 Å². The van der Waals surface area contributed by atoms with Crippen LogP contribution in [0, 0.1) is 34.5 Å². The second-order valence-electron chi connectivity index (χ2n) is 9.15. The smallest absolute Gasteiger partial charge is 0.158 e. The zero-order valence-electron chi connectivity index (χ0n) is 13.8. The molecule has 21 heavy (non-hydrogen) atoms. The van der Waals surface area contributed by atoms with Gasteiger partial charge < -0.3 is 0 Å². The van der Waals surface area contributed by atoms with Crippen molar-refractivity contribution in [2.24, 2.45) is 34.5 Å². The summed E-state index contributed by atoms with van der Waals surface area (Å²) in [6.45, 7) is 9.17. The SMILES string of the molecule is C=C1C[C@@]2(C)C(CCC3C4CCC[C@@]4(C)CCC32)CC1=O. The fourth-order valence-electron chi connectivity index (χ4n) is 7.07. The van der Waals surface area contributed by atoms with Crippen LogP contribution in [0.5, 0.6) is 0 Å². The number of rotatable bonds is 0. The molecule has 1 heteroatoms. The topological polar surface area (TPSA) is 17.1 Å². The molecule has 0 spiro atoms. The van der Waals surface area contributed by atoms with E-state index in [-0.39, 0.29) is 0 Å². The molecule has 0 amide bonds. The molecule has 4 unspecified atom stereocenters. The number of ketones is 1. The lowest BCUT2D eigenvalue weighted by Crippen LogP contribution is -2.53. The first kappa shape index (κ1) is 14.0. The van der Waals surface area contributed by atoms with Crippen LogP contribution < -0.4 is 0 Å². The third-order valence-corrected chi connectivity index (χ3v) is 8.27. The zero-order valence-corrected chi connectivity index (χ0v) is 13.8. The highest BCUT2D eigenvalue weighted by atomic mass is 16.1. The number of hydrogen-bond donors (Lipinski definition) is 0. The molecule has 4 fully saturated rings. The van der Waals surface area contributed by atoms with Crippen molar-refractivity contribution in [3.8, 4) is 0 Å². The molecule has 0 saturated heterocycles. The van der Waals surface area contributed by atoms with Crippen molar-refractivity contribution >= 4 is 5.78 Å². The van der Waals surface area contributed by atoms with Crippen LogP contribution in [0.4, 0.5) is 0 Å². The lowest BCUT2D eigenvalue weighted by atomic mass is 9.45. The maximum absolute atomic E-state index is 12.1. The summed E-state index contributed by atoms with van der Waals surface area (Å²) >= 11 is 0. The van der Waals surface area contributed by atoms with Gasteiger partial charge in [-0.2, -0.15) is 0 Å². The molecular weight excluding hydrogens is 256 g/mol. The number of Topliss-reactive ketones (excluding diaryl/α,β-unsaturated/α-hetero) is 1. The Balaban J connectivity index is 1.66. The Morgan fingerprint density at radius 2 is 1.86 bits per heavy atom. The number of fused-ring (bicyclic) bond motifs is 5. The molecule has 4 aliphatic rings. The van der Waals surface area contributed by atoms with Gasteiger partial charge in [-0.1, -0.05) is 26.8 Å². The third-order valence-electron chi connectivity index (χ3n) is 8.27. The van der Waals surface area contributed by atoms with Crippen LogP contribution in [0.2, 0.25) is 0 Å². The first-order valence-electron chi connectivity index (χ1n) is 9.15. The molecule has 0 aromatic carbocycles. The minimum atomic E-state index is 0.359. The second-order valence-corrected chi connectivity index (χ2v) is 9.15. The van der Waals surface area contributed by atoms with Crippen LogP contribution in [0.15, 0.2) is 12.2 Å². The van der Waals surface area contributed by atoms with Crippen LogP contribution in [-0.2, 0) is 4.79 Å². The molecule has 0 heterocycles. The Bertz CT molecular complexity index is 492. The highest BCUT2D eigenvalue weighted by molar-refractivity contribution is 5.95. The van der Waals surface area contributed by atoms with Gasteiger partial charge >= 0.3 is 0 Å². The van der Waals surface area contributed by atoms with Gasteiger partial charge in [0.05, 0.1) is 0 Å².